The van der Waals surface area contributed by atoms with Gasteiger partial charge in [-0.1, -0.05) is 25.5 Å². The van der Waals surface area contributed by atoms with Crippen LogP contribution in [0.5, 0.6) is 0 Å². The highest BCUT2D eigenvalue weighted by Gasteiger charge is 2.51. The van der Waals surface area contributed by atoms with Gasteiger partial charge < -0.3 is 14.6 Å². The molecule has 22 heavy (non-hydrogen) atoms. The number of anilines is 1. The van der Waals surface area contributed by atoms with Gasteiger partial charge in [-0.05, 0) is 51.7 Å². The van der Waals surface area contributed by atoms with Crippen LogP contribution in [0.25, 0.3) is 0 Å². The fourth-order valence-electron chi connectivity index (χ4n) is 2.30. The van der Waals surface area contributed by atoms with Crippen molar-refractivity contribution in [2.45, 2.75) is 65.1 Å². The van der Waals surface area contributed by atoms with Gasteiger partial charge >= 0.3 is 7.12 Å². The molecule has 1 heterocycles. The third kappa shape index (κ3) is 3.71. The number of hydrogen-bond donors (Lipinski definition) is 1. The van der Waals surface area contributed by atoms with Crippen LogP contribution in [0.1, 0.15) is 53.9 Å². The number of carbonyl (C=O) groups is 1. The highest BCUT2D eigenvalue weighted by molar-refractivity contribution is 6.62. The zero-order valence-electron chi connectivity index (χ0n) is 14.2. The number of nitrogens with one attached hydrogen (secondary N) is 1. The number of amides is 1. The van der Waals surface area contributed by atoms with Gasteiger partial charge in [0.15, 0.2) is 0 Å². The molecule has 120 valence electrons. The summed E-state index contributed by atoms with van der Waals surface area (Å²) in [6, 6.07) is 7.68. The van der Waals surface area contributed by atoms with Crippen molar-refractivity contribution < 1.29 is 14.1 Å². The third-order valence-corrected chi connectivity index (χ3v) is 4.45. The van der Waals surface area contributed by atoms with Crippen LogP contribution in [0.2, 0.25) is 0 Å². The molecule has 0 bridgehead atoms. The second-order valence-corrected chi connectivity index (χ2v) is 6.87. The first-order chi connectivity index (χ1) is 10.2. The second kappa shape index (κ2) is 6.43. The lowest BCUT2D eigenvalue weighted by Crippen LogP contribution is -2.41. The summed E-state index contributed by atoms with van der Waals surface area (Å²) in [5.41, 5.74) is 0.982. The third-order valence-electron chi connectivity index (χ3n) is 4.45. The molecular weight excluding hydrogens is 277 g/mol. The standard InChI is InChI=1S/C17H26BNO3/c1-6-7-11-15(20)19-14-10-8-9-13(12-14)18-21-16(2,3)17(4,5)22-18/h8-10,12H,6-7,11H2,1-5H3,(H,19,20). The molecule has 4 nitrogen and oxygen atoms in total. The number of carbonyl (C=O) groups excluding carboxylic acids is 1. The Balaban J connectivity index is 2.08. The molecule has 1 aliphatic heterocycles. The van der Waals surface area contributed by atoms with E-state index >= 15 is 0 Å². The van der Waals surface area contributed by atoms with Crippen LogP contribution in [-0.4, -0.2) is 24.2 Å². The Morgan fingerprint density at radius 1 is 1.18 bits per heavy atom. The molecule has 0 radical (unpaired) electrons. The lowest BCUT2D eigenvalue weighted by atomic mass is 9.79. The lowest BCUT2D eigenvalue weighted by molar-refractivity contribution is -0.116. The van der Waals surface area contributed by atoms with E-state index in [1.165, 1.54) is 0 Å². The van der Waals surface area contributed by atoms with Crippen LogP contribution < -0.4 is 10.8 Å². The van der Waals surface area contributed by atoms with Crippen molar-refractivity contribution >= 4 is 24.2 Å². The molecule has 1 fully saturated rings. The van der Waals surface area contributed by atoms with Crippen molar-refractivity contribution in [3.63, 3.8) is 0 Å². The van der Waals surface area contributed by atoms with Crippen molar-refractivity contribution in [1.82, 2.24) is 0 Å². The largest absolute Gasteiger partial charge is 0.494 e. The van der Waals surface area contributed by atoms with Gasteiger partial charge in [-0.25, -0.2) is 0 Å². The normalized spacial score (nSPS) is 19.2. The van der Waals surface area contributed by atoms with E-state index in [-0.39, 0.29) is 17.1 Å². The van der Waals surface area contributed by atoms with Gasteiger partial charge in [0.1, 0.15) is 0 Å². The van der Waals surface area contributed by atoms with E-state index in [1.54, 1.807) is 0 Å². The number of benzene rings is 1. The van der Waals surface area contributed by atoms with E-state index in [4.69, 9.17) is 9.31 Å². The van der Waals surface area contributed by atoms with Gasteiger partial charge in [-0.2, -0.15) is 0 Å². The van der Waals surface area contributed by atoms with E-state index in [0.29, 0.717) is 6.42 Å². The van der Waals surface area contributed by atoms with Crippen LogP contribution in [0, 0.1) is 0 Å². The second-order valence-electron chi connectivity index (χ2n) is 6.87. The summed E-state index contributed by atoms with van der Waals surface area (Å²) in [6.45, 7) is 10.2. The molecule has 5 heteroatoms. The molecule has 0 spiro atoms. The van der Waals surface area contributed by atoms with Crippen LogP contribution in [0.4, 0.5) is 5.69 Å². The minimum Gasteiger partial charge on any atom is -0.399 e. The minimum atomic E-state index is -0.405. The van der Waals surface area contributed by atoms with Crippen molar-refractivity contribution in [2.24, 2.45) is 0 Å². The monoisotopic (exact) mass is 303 g/mol. The van der Waals surface area contributed by atoms with Gasteiger partial charge in [0.05, 0.1) is 11.2 Å². The van der Waals surface area contributed by atoms with Gasteiger partial charge in [-0.3, -0.25) is 4.79 Å². The Labute approximate surface area is 133 Å². The van der Waals surface area contributed by atoms with Crippen molar-refractivity contribution in [3.8, 4) is 0 Å². The van der Waals surface area contributed by atoms with Gasteiger partial charge in [0.2, 0.25) is 5.91 Å². The van der Waals surface area contributed by atoms with Gasteiger partial charge in [0, 0.05) is 12.1 Å². The Bertz CT molecular complexity index is 526. The average Bonchev–Trinajstić information content (AvgIpc) is 2.65. The maximum absolute atomic E-state index is 11.8. The van der Waals surface area contributed by atoms with E-state index in [2.05, 4.69) is 12.2 Å². The smallest absolute Gasteiger partial charge is 0.399 e. The van der Waals surface area contributed by atoms with E-state index in [0.717, 1.165) is 24.0 Å². The summed E-state index contributed by atoms with van der Waals surface area (Å²) in [5, 5.41) is 2.93. The van der Waals surface area contributed by atoms with E-state index < -0.39 is 7.12 Å². The summed E-state index contributed by atoms with van der Waals surface area (Å²) in [6.07, 6.45) is 2.47. The molecule has 1 aromatic rings. The van der Waals surface area contributed by atoms with Crippen molar-refractivity contribution in [2.75, 3.05) is 5.32 Å². The van der Waals surface area contributed by atoms with E-state index in [1.807, 2.05) is 52.0 Å². The predicted molar refractivity (Wildman–Crippen MR) is 90.3 cm³/mol. The van der Waals surface area contributed by atoms with Crippen LogP contribution in [0.15, 0.2) is 24.3 Å². The summed E-state index contributed by atoms with van der Waals surface area (Å²) >= 11 is 0. The average molecular weight is 303 g/mol. The van der Waals surface area contributed by atoms with E-state index in [9.17, 15) is 4.79 Å². The quantitative estimate of drug-likeness (QED) is 0.850. The Kier molecular flexibility index (Phi) is 4.98. The molecule has 1 N–H and O–H groups in total. The first kappa shape index (κ1) is 17.0. The Hall–Kier alpha value is -1.33. The molecule has 1 amide bonds. The molecule has 0 saturated carbocycles. The molecule has 0 atom stereocenters. The molecule has 1 saturated heterocycles. The molecule has 0 aliphatic carbocycles. The zero-order chi connectivity index (χ0) is 16.4. The molecule has 1 aliphatic rings. The molecule has 0 aromatic heterocycles. The van der Waals surface area contributed by atoms with Crippen LogP contribution >= 0.6 is 0 Å². The highest BCUT2D eigenvalue weighted by Crippen LogP contribution is 2.36. The number of hydrogen-bond acceptors (Lipinski definition) is 3. The summed E-state index contributed by atoms with van der Waals surface area (Å²) in [7, 11) is -0.405. The predicted octanol–water partition coefficient (Wildman–Crippen LogP) is 3.11. The molecule has 0 unspecified atom stereocenters. The lowest BCUT2D eigenvalue weighted by Gasteiger charge is -2.32. The SMILES string of the molecule is CCCCC(=O)Nc1cccc(B2OC(C)(C)C(C)(C)O2)c1. The maximum Gasteiger partial charge on any atom is 0.494 e. The molecular formula is C17H26BNO3. The first-order valence-corrected chi connectivity index (χ1v) is 8.00. The van der Waals surface area contributed by atoms with Crippen LogP contribution in [-0.2, 0) is 14.1 Å². The summed E-state index contributed by atoms with van der Waals surface area (Å²) < 4.78 is 12.1. The Morgan fingerprint density at radius 2 is 1.82 bits per heavy atom. The highest BCUT2D eigenvalue weighted by atomic mass is 16.7. The summed E-state index contributed by atoms with van der Waals surface area (Å²) in [5.74, 6) is 0.0490. The van der Waals surface area contributed by atoms with Crippen LogP contribution in [0.3, 0.4) is 0 Å². The minimum absolute atomic E-state index is 0.0490. The van der Waals surface area contributed by atoms with Gasteiger partial charge in [0.25, 0.3) is 0 Å². The maximum atomic E-state index is 11.8. The fourth-order valence-corrected chi connectivity index (χ4v) is 2.30. The first-order valence-electron chi connectivity index (χ1n) is 8.00. The fraction of sp³-hybridized carbons (Fsp3) is 0.588. The summed E-state index contributed by atoms with van der Waals surface area (Å²) in [4.78, 5) is 11.8. The number of unbranched alkanes of at least 4 members (excludes halogenated alkanes) is 1. The van der Waals surface area contributed by atoms with Crippen molar-refractivity contribution in [1.29, 1.82) is 0 Å². The molecule has 1 aromatic carbocycles. The number of rotatable bonds is 5. The topological polar surface area (TPSA) is 47.6 Å². The Morgan fingerprint density at radius 3 is 2.41 bits per heavy atom. The zero-order valence-corrected chi connectivity index (χ0v) is 14.2. The van der Waals surface area contributed by atoms with Crippen molar-refractivity contribution in [3.05, 3.63) is 24.3 Å². The molecule has 2 rings (SSSR count). The van der Waals surface area contributed by atoms with Gasteiger partial charge in [-0.15, -0.1) is 0 Å².